The van der Waals surface area contributed by atoms with Crippen LogP contribution in [0.4, 0.5) is 0 Å². The lowest BCUT2D eigenvalue weighted by molar-refractivity contribution is -0.229. The molecule has 2 aromatic rings. The van der Waals surface area contributed by atoms with Crippen LogP contribution in [-0.2, 0) is 12.8 Å². The third kappa shape index (κ3) is 6.32. The van der Waals surface area contributed by atoms with Gasteiger partial charge in [0.25, 0.3) is 0 Å². The van der Waals surface area contributed by atoms with Crippen LogP contribution < -0.4 is 28.4 Å². The monoisotopic (exact) mass is 570 g/mol. The van der Waals surface area contributed by atoms with Gasteiger partial charge in [-0.15, -0.1) is 0 Å². The van der Waals surface area contributed by atoms with Gasteiger partial charge in [0.15, 0.2) is 23.0 Å². The zero-order valence-corrected chi connectivity index (χ0v) is 24.0. The first-order chi connectivity index (χ1) is 19.0. The van der Waals surface area contributed by atoms with Crippen LogP contribution in [0.15, 0.2) is 24.3 Å². The molecule has 40 heavy (non-hydrogen) atoms. The molecule has 5 atom stereocenters. The number of hydrogen-bond donors (Lipinski definition) is 6. The van der Waals surface area contributed by atoms with E-state index in [1.165, 1.54) is 48.7 Å². The number of aliphatic hydroxyl groups is 6. The molecule has 0 radical (unpaired) electrons. The van der Waals surface area contributed by atoms with Crippen molar-refractivity contribution in [1.82, 2.24) is 0 Å². The number of methoxy groups -OCH3 is 6. The molecular formula is C28H42O12. The second-order valence-electron chi connectivity index (χ2n) is 9.39. The molecule has 0 aliphatic heterocycles. The summed E-state index contributed by atoms with van der Waals surface area (Å²) in [6.45, 7) is 0.663. The normalized spacial score (nSPS) is 16.6. The Morgan fingerprint density at radius 1 is 0.650 bits per heavy atom. The van der Waals surface area contributed by atoms with E-state index in [-0.39, 0.29) is 41.4 Å². The Labute approximate surface area is 234 Å². The van der Waals surface area contributed by atoms with E-state index in [0.717, 1.165) is 0 Å². The Hall–Kier alpha value is -3.00. The van der Waals surface area contributed by atoms with Gasteiger partial charge in [-0.2, -0.15) is 0 Å². The smallest absolute Gasteiger partial charge is 0.203 e. The fourth-order valence-corrected chi connectivity index (χ4v) is 4.92. The van der Waals surface area contributed by atoms with Crippen molar-refractivity contribution in [2.24, 2.45) is 0 Å². The van der Waals surface area contributed by atoms with Gasteiger partial charge in [0.1, 0.15) is 23.9 Å². The van der Waals surface area contributed by atoms with E-state index in [2.05, 4.69) is 0 Å². The Bertz CT molecular complexity index is 1110. The average Bonchev–Trinajstić information content (AvgIpc) is 2.98. The Balaban J connectivity index is 2.68. The highest BCUT2D eigenvalue weighted by Crippen LogP contribution is 2.45. The van der Waals surface area contributed by atoms with Crippen molar-refractivity contribution < 1.29 is 59.1 Å². The van der Waals surface area contributed by atoms with Crippen molar-refractivity contribution in [2.75, 3.05) is 49.3 Å². The number of hydrogen-bond acceptors (Lipinski definition) is 12. The minimum absolute atomic E-state index is 0.0982. The molecule has 2 rings (SSSR count). The summed E-state index contributed by atoms with van der Waals surface area (Å²) in [6.07, 6.45) is -6.92. The lowest BCUT2D eigenvalue weighted by Crippen LogP contribution is -2.66. The summed E-state index contributed by atoms with van der Waals surface area (Å²) in [5.74, 6) is 1.53. The molecule has 0 heterocycles. The first-order valence-corrected chi connectivity index (χ1v) is 12.6. The summed E-state index contributed by atoms with van der Waals surface area (Å²) in [4.78, 5) is 0. The minimum Gasteiger partial charge on any atom is -0.493 e. The van der Waals surface area contributed by atoms with E-state index in [4.69, 9.17) is 28.4 Å². The largest absolute Gasteiger partial charge is 0.493 e. The average molecular weight is 571 g/mol. The van der Waals surface area contributed by atoms with Gasteiger partial charge in [-0.1, -0.05) is 19.1 Å². The lowest BCUT2D eigenvalue weighted by atomic mass is 9.72. The second-order valence-corrected chi connectivity index (χ2v) is 9.39. The van der Waals surface area contributed by atoms with Gasteiger partial charge in [0.05, 0.1) is 54.9 Å². The molecule has 0 amide bonds. The van der Waals surface area contributed by atoms with Crippen molar-refractivity contribution in [1.29, 1.82) is 0 Å². The zero-order valence-electron chi connectivity index (χ0n) is 24.0. The van der Waals surface area contributed by atoms with Crippen molar-refractivity contribution in [3.8, 4) is 34.5 Å². The highest BCUT2D eigenvalue weighted by atomic mass is 16.5. The molecule has 6 N–H and O–H groups in total. The Morgan fingerprint density at radius 3 is 1.43 bits per heavy atom. The second kappa shape index (κ2) is 14.1. The number of benzene rings is 2. The Morgan fingerprint density at radius 2 is 1.07 bits per heavy atom. The van der Waals surface area contributed by atoms with Gasteiger partial charge in [0, 0.05) is 24.0 Å². The predicted molar refractivity (Wildman–Crippen MR) is 145 cm³/mol. The van der Waals surface area contributed by atoms with Crippen LogP contribution in [-0.4, -0.2) is 109 Å². The maximum absolute atomic E-state index is 11.9. The number of rotatable bonds is 16. The Kier molecular flexibility index (Phi) is 11.7. The summed E-state index contributed by atoms with van der Waals surface area (Å²) < 4.78 is 32.4. The first kappa shape index (κ1) is 33.2. The summed E-state index contributed by atoms with van der Waals surface area (Å²) in [6, 6.07) is 6.28. The van der Waals surface area contributed by atoms with Crippen LogP contribution in [0.2, 0.25) is 0 Å². The molecule has 0 bridgehead atoms. The summed E-state index contributed by atoms with van der Waals surface area (Å²) >= 11 is 0. The van der Waals surface area contributed by atoms with E-state index in [9.17, 15) is 30.6 Å². The topological polar surface area (TPSA) is 177 Å². The van der Waals surface area contributed by atoms with Crippen molar-refractivity contribution in [3.05, 3.63) is 35.4 Å². The first-order valence-electron chi connectivity index (χ1n) is 12.6. The van der Waals surface area contributed by atoms with Crippen LogP contribution in [0.5, 0.6) is 34.5 Å². The zero-order chi connectivity index (χ0) is 30.3. The van der Waals surface area contributed by atoms with E-state index in [1.54, 1.807) is 25.1 Å². The molecule has 0 saturated carbocycles. The molecule has 0 aromatic heterocycles. The van der Waals surface area contributed by atoms with Crippen LogP contribution in [0.25, 0.3) is 0 Å². The SMILES string of the molecule is CCC(O)(Cc1ccc(OC)c(OC)c1OC)[C@@H](O)[C@@](O)(Cc1ccc(OC)c(OC)c1OC)[C@H](O)[C@@H](O)CO. The van der Waals surface area contributed by atoms with Crippen LogP contribution in [0.3, 0.4) is 0 Å². The van der Waals surface area contributed by atoms with Crippen molar-refractivity contribution in [2.45, 2.75) is 55.7 Å². The standard InChI is InChI=1S/C28H42O12/c1-8-27(33,13-16-9-11-19(35-2)23(39-6)21(16)37-4)26(32)28(34,25(31)18(30)15-29)14-17-10-12-20(36-3)24(40-7)22(17)38-5/h9-12,18,25-26,29-34H,8,13-15H2,1-7H3/t18-,25+,26+,27?,28+/m0/s1. The van der Waals surface area contributed by atoms with Gasteiger partial charge >= 0.3 is 0 Å². The summed E-state index contributed by atoms with van der Waals surface area (Å²) in [5.41, 5.74) is -4.02. The van der Waals surface area contributed by atoms with Gasteiger partial charge in [-0.25, -0.2) is 0 Å². The van der Waals surface area contributed by atoms with E-state index in [1.807, 2.05) is 0 Å². The van der Waals surface area contributed by atoms with Crippen LogP contribution in [0.1, 0.15) is 24.5 Å². The van der Waals surface area contributed by atoms with E-state index >= 15 is 0 Å². The van der Waals surface area contributed by atoms with E-state index in [0.29, 0.717) is 17.1 Å². The molecule has 226 valence electrons. The molecule has 0 spiro atoms. The fraction of sp³-hybridized carbons (Fsp3) is 0.571. The van der Waals surface area contributed by atoms with Crippen LogP contribution >= 0.6 is 0 Å². The molecule has 12 nitrogen and oxygen atoms in total. The highest BCUT2D eigenvalue weighted by Gasteiger charge is 2.54. The molecule has 2 aromatic carbocycles. The van der Waals surface area contributed by atoms with Crippen LogP contribution in [0, 0.1) is 0 Å². The van der Waals surface area contributed by atoms with Gasteiger partial charge in [-0.05, 0) is 18.6 Å². The third-order valence-electron chi connectivity index (χ3n) is 7.20. The van der Waals surface area contributed by atoms with Crippen molar-refractivity contribution >= 4 is 0 Å². The molecule has 0 saturated heterocycles. The number of ether oxygens (including phenoxy) is 6. The summed E-state index contributed by atoms with van der Waals surface area (Å²) in [5, 5.41) is 66.4. The molecule has 1 unspecified atom stereocenters. The minimum atomic E-state index is -2.61. The maximum Gasteiger partial charge on any atom is 0.203 e. The molecule has 0 aliphatic carbocycles. The van der Waals surface area contributed by atoms with Gasteiger partial charge in [0.2, 0.25) is 11.5 Å². The molecule has 0 fully saturated rings. The fourth-order valence-electron chi connectivity index (χ4n) is 4.92. The van der Waals surface area contributed by atoms with E-state index < -0.39 is 42.5 Å². The third-order valence-corrected chi connectivity index (χ3v) is 7.20. The predicted octanol–water partition coefficient (Wildman–Crippen LogP) is 0.471. The maximum atomic E-state index is 11.9. The summed E-state index contributed by atoms with van der Waals surface area (Å²) in [7, 11) is 8.47. The quantitative estimate of drug-likeness (QED) is 0.165. The van der Waals surface area contributed by atoms with Gasteiger partial charge in [-0.3, -0.25) is 0 Å². The highest BCUT2D eigenvalue weighted by molar-refractivity contribution is 5.57. The molecule has 12 heteroatoms. The molecular weight excluding hydrogens is 528 g/mol. The lowest BCUT2D eigenvalue weighted by Gasteiger charge is -2.46. The number of aliphatic hydroxyl groups excluding tert-OH is 4. The van der Waals surface area contributed by atoms with Crippen molar-refractivity contribution in [3.63, 3.8) is 0 Å². The molecule has 0 aliphatic rings. The van der Waals surface area contributed by atoms with Gasteiger partial charge < -0.3 is 59.1 Å².